The zero-order chi connectivity index (χ0) is 34.4. The van der Waals surface area contributed by atoms with E-state index in [0.29, 0.717) is 31.8 Å². The molecule has 3 aromatic carbocycles. The van der Waals surface area contributed by atoms with Crippen LogP contribution in [0.4, 0.5) is 0 Å². The van der Waals surface area contributed by atoms with E-state index in [9.17, 15) is 14.7 Å². The van der Waals surface area contributed by atoms with Crippen LogP contribution in [-0.2, 0) is 37.0 Å². The van der Waals surface area contributed by atoms with E-state index in [2.05, 4.69) is 46.6 Å². The quantitative estimate of drug-likeness (QED) is 0.0785. The summed E-state index contributed by atoms with van der Waals surface area (Å²) in [5.41, 5.74) is 7.70. The van der Waals surface area contributed by atoms with Crippen LogP contribution >= 0.6 is 0 Å². The molecule has 4 atom stereocenters. The summed E-state index contributed by atoms with van der Waals surface area (Å²) in [5.74, 6) is -0.368. The normalized spacial score (nSPS) is 21.0. The monoisotopic (exact) mass is 673 g/mol. The van der Waals surface area contributed by atoms with Crippen LogP contribution < -0.4 is 10.8 Å². The highest BCUT2D eigenvalue weighted by atomic mass is 16.7. The first-order chi connectivity index (χ1) is 23.9. The smallest absolute Gasteiger partial charge is 0.243 e. The van der Waals surface area contributed by atoms with E-state index in [0.717, 1.165) is 91.6 Å². The number of ether oxygens (including phenoxy) is 3. The van der Waals surface area contributed by atoms with Crippen molar-refractivity contribution >= 4 is 11.8 Å². The van der Waals surface area contributed by atoms with E-state index < -0.39 is 6.29 Å². The molecule has 4 unspecified atom stereocenters. The lowest BCUT2D eigenvalue weighted by atomic mass is 9.98. The Morgan fingerprint density at radius 3 is 2.33 bits per heavy atom. The molecular formula is C39H51N3O7. The van der Waals surface area contributed by atoms with Crippen molar-refractivity contribution in [3.63, 3.8) is 0 Å². The SMILES string of the molecule is COCC1CCCN1CC1CC(c2ccc(CO)cc2)OC(c2ccc(-c3cccc(CNC(=O)CCCCCCC(=O)NO)c3)cc2)O1. The summed E-state index contributed by atoms with van der Waals surface area (Å²) in [5, 5.41) is 21.1. The molecule has 3 aromatic rings. The van der Waals surface area contributed by atoms with E-state index in [1.807, 2.05) is 36.4 Å². The Balaban J connectivity index is 1.19. The van der Waals surface area contributed by atoms with Crippen LogP contribution in [0.2, 0.25) is 0 Å². The lowest BCUT2D eigenvalue weighted by Gasteiger charge is -2.38. The van der Waals surface area contributed by atoms with Crippen molar-refractivity contribution in [2.45, 2.75) is 95.5 Å². The minimum atomic E-state index is -0.514. The third kappa shape index (κ3) is 10.9. The van der Waals surface area contributed by atoms with Crippen molar-refractivity contribution in [1.29, 1.82) is 0 Å². The summed E-state index contributed by atoms with van der Waals surface area (Å²) in [6.07, 6.45) is 6.29. The van der Waals surface area contributed by atoms with E-state index in [1.54, 1.807) is 12.6 Å². The third-order valence-corrected chi connectivity index (χ3v) is 9.53. The number of rotatable bonds is 17. The average Bonchev–Trinajstić information content (AvgIpc) is 3.58. The molecule has 2 aliphatic heterocycles. The number of carbonyl (C=O) groups excluding carboxylic acids is 2. The summed E-state index contributed by atoms with van der Waals surface area (Å²) in [6, 6.07) is 24.9. The van der Waals surface area contributed by atoms with Gasteiger partial charge in [-0.25, -0.2) is 5.48 Å². The fourth-order valence-corrected chi connectivity index (χ4v) is 6.77. The van der Waals surface area contributed by atoms with Crippen molar-refractivity contribution in [2.24, 2.45) is 0 Å². The molecule has 2 saturated heterocycles. The highest BCUT2D eigenvalue weighted by Crippen LogP contribution is 2.39. The van der Waals surface area contributed by atoms with Crippen LogP contribution in [0.5, 0.6) is 0 Å². The second-order valence-electron chi connectivity index (χ2n) is 13.1. The number of nitrogens with zero attached hydrogens (tertiary/aromatic N) is 1. The van der Waals surface area contributed by atoms with Gasteiger partial charge in [0.25, 0.3) is 0 Å². The lowest BCUT2D eigenvalue weighted by molar-refractivity contribution is -0.253. The number of carbonyl (C=O) groups is 2. The molecular weight excluding hydrogens is 622 g/mol. The molecule has 2 aliphatic rings. The van der Waals surface area contributed by atoms with Gasteiger partial charge in [0.1, 0.15) is 0 Å². The first kappa shape index (κ1) is 36.6. The van der Waals surface area contributed by atoms with Crippen molar-refractivity contribution in [3.8, 4) is 11.1 Å². The van der Waals surface area contributed by atoms with Crippen LogP contribution in [-0.4, -0.2) is 66.0 Å². The number of methoxy groups -OCH3 is 1. The van der Waals surface area contributed by atoms with Gasteiger partial charge in [-0.15, -0.1) is 0 Å². The number of hydroxylamine groups is 1. The van der Waals surface area contributed by atoms with Crippen LogP contribution in [0.1, 0.15) is 92.4 Å². The van der Waals surface area contributed by atoms with Crippen molar-refractivity contribution in [2.75, 3.05) is 26.8 Å². The molecule has 2 fully saturated rings. The topological polar surface area (TPSA) is 130 Å². The van der Waals surface area contributed by atoms with Gasteiger partial charge in [0.2, 0.25) is 11.8 Å². The van der Waals surface area contributed by atoms with Crippen molar-refractivity contribution < 1.29 is 34.1 Å². The summed E-state index contributed by atoms with van der Waals surface area (Å²) in [4.78, 5) is 26.0. The lowest BCUT2D eigenvalue weighted by Crippen LogP contribution is -2.42. The number of aliphatic hydroxyl groups is 1. The van der Waals surface area contributed by atoms with Crippen LogP contribution in [0, 0.1) is 0 Å². The average molecular weight is 674 g/mol. The van der Waals surface area contributed by atoms with E-state index >= 15 is 0 Å². The van der Waals surface area contributed by atoms with Crippen LogP contribution in [0.15, 0.2) is 72.8 Å². The molecule has 2 heterocycles. The predicted molar refractivity (Wildman–Crippen MR) is 186 cm³/mol. The van der Waals surface area contributed by atoms with Gasteiger partial charge in [-0.1, -0.05) is 79.6 Å². The summed E-state index contributed by atoms with van der Waals surface area (Å²) in [6.45, 7) is 3.06. The third-order valence-electron chi connectivity index (χ3n) is 9.53. The van der Waals surface area contributed by atoms with Gasteiger partial charge in [0.15, 0.2) is 6.29 Å². The van der Waals surface area contributed by atoms with Crippen molar-refractivity contribution in [3.05, 3.63) is 95.1 Å². The van der Waals surface area contributed by atoms with Crippen LogP contribution in [0.3, 0.4) is 0 Å². The molecule has 0 aliphatic carbocycles. The first-order valence-electron chi connectivity index (χ1n) is 17.6. The number of likely N-dealkylation sites (tertiary alicyclic amines) is 1. The molecule has 0 aromatic heterocycles. The highest BCUT2D eigenvalue weighted by Gasteiger charge is 2.35. The zero-order valence-electron chi connectivity index (χ0n) is 28.5. The molecule has 0 saturated carbocycles. The maximum Gasteiger partial charge on any atom is 0.243 e. The number of hydrogen-bond acceptors (Lipinski definition) is 8. The standard InChI is InChI=1S/C39H51N3O7/c1-47-27-34-10-7-21-42(34)25-35-23-36(31-15-13-28(26-43)14-16-31)49-39(48-35)32-19-17-30(18-20-32)33-9-6-8-29(22-33)24-40-37(44)11-4-2-3-5-12-38(45)41-46/h6,8-9,13-20,22,34-36,39,43,46H,2-5,7,10-12,21,23-27H2,1H3,(H,40,44)(H,41,45). The van der Waals surface area contributed by atoms with Gasteiger partial charge < -0.3 is 24.6 Å². The van der Waals surface area contributed by atoms with E-state index in [4.69, 9.17) is 19.4 Å². The number of amides is 2. The van der Waals surface area contributed by atoms with Gasteiger partial charge >= 0.3 is 0 Å². The van der Waals surface area contributed by atoms with Crippen molar-refractivity contribution in [1.82, 2.24) is 15.7 Å². The molecule has 10 heteroatoms. The fourth-order valence-electron chi connectivity index (χ4n) is 6.77. The predicted octanol–water partition coefficient (Wildman–Crippen LogP) is 5.96. The summed E-state index contributed by atoms with van der Waals surface area (Å²) < 4.78 is 18.7. The maximum atomic E-state index is 12.4. The Morgan fingerprint density at radius 1 is 0.878 bits per heavy atom. The van der Waals surface area contributed by atoms with E-state index in [1.165, 1.54) is 0 Å². The maximum absolute atomic E-state index is 12.4. The first-order valence-corrected chi connectivity index (χ1v) is 17.6. The fraction of sp³-hybridized carbons (Fsp3) is 0.487. The Labute approximate surface area is 289 Å². The number of hydrogen-bond donors (Lipinski definition) is 4. The molecule has 264 valence electrons. The second-order valence-corrected chi connectivity index (χ2v) is 13.1. The number of aliphatic hydroxyl groups excluding tert-OH is 1. The molecule has 10 nitrogen and oxygen atoms in total. The Hall–Kier alpha value is -3.64. The molecule has 2 amide bonds. The number of nitrogens with one attached hydrogen (secondary N) is 2. The molecule has 5 rings (SSSR count). The largest absolute Gasteiger partial charge is 0.392 e. The number of unbranched alkanes of at least 4 members (excludes halogenated alkanes) is 3. The van der Waals surface area contributed by atoms with Crippen LogP contribution in [0.25, 0.3) is 11.1 Å². The molecule has 49 heavy (non-hydrogen) atoms. The summed E-state index contributed by atoms with van der Waals surface area (Å²) >= 11 is 0. The Bertz CT molecular complexity index is 1470. The minimum absolute atomic E-state index is 0.00890. The number of benzene rings is 3. The van der Waals surface area contributed by atoms with Gasteiger partial charge in [-0.2, -0.15) is 0 Å². The molecule has 4 N–H and O–H groups in total. The van der Waals surface area contributed by atoms with Gasteiger partial charge in [-0.3, -0.25) is 19.7 Å². The Kier molecular flexibility index (Phi) is 14.2. The van der Waals surface area contributed by atoms with Gasteiger partial charge in [-0.05, 0) is 66.1 Å². The molecule has 0 bridgehead atoms. The zero-order valence-corrected chi connectivity index (χ0v) is 28.5. The van der Waals surface area contributed by atoms with Gasteiger partial charge in [0, 0.05) is 51.1 Å². The molecule has 0 radical (unpaired) electrons. The molecule has 0 spiro atoms. The highest BCUT2D eigenvalue weighted by molar-refractivity contribution is 5.76. The summed E-state index contributed by atoms with van der Waals surface area (Å²) in [7, 11) is 1.76. The Morgan fingerprint density at radius 2 is 1.61 bits per heavy atom. The second kappa shape index (κ2) is 18.9. The van der Waals surface area contributed by atoms with Gasteiger partial charge in [0.05, 0.1) is 25.4 Å². The van der Waals surface area contributed by atoms with E-state index in [-0.39, 0.29) is 30.6 Å². The minimum Gasteiger partial charge on any atom is -0.392 e.